The number of ether oxygens (including phenoxy) is 1. The van der Waals surface area contributed by atoms with Crippen molar-refractivity contribution in [3.8, 4) is 11.6 Å². The van der Waals surface area contributed by atoms with E-state index in [-0.39, 0.29) is 0 Å². The van der Waals surface area contributed by atoms with Gasteiger partial charge in [-0.3, -0.25) is 4.68 Å². The average Bonchev–Trinajstić information content (AvgIpc) is 3.00. The molecule has 0 aliphatic heterocycles. The Hall–Kier alpha value is -3.41. The third-order valence-corrected chi connectivity index (χ3v) is 3.62. The van der Waals surface area contributed by atoms with Crippen molar-refractivity contribution in [1.82, 2.24) is 19.7 Å². The third-order valence-electron chi connectivity index (χ3n) is 3.62. The summed E-state index contributed by atoms with van der Waals surface area (Å²) in [6.45, 7) is 0. The van der Waals surface area contributed by atoms with Crippen LogP contribution < -0.4 is 10.1 Å². The van der Waals surface area contributed by atoms with Crippen molar-refractivity contribution in [1.29, 1.82) is 0 Å². The standard InChI is InChI=1S/C18H15N5O/c1-23-17-16(11-21-23)18(20-12-19-17)24-15-9-7-14(8-10-15)22-13-5-3-2-4-6-13/h2-12,22H,1H3. The van der Waals surface area contributed by atoms with Crippen molar-refractivity contribution in [2.24, 2.45) is 7.05 Å². The Bertz CT molecular complexity index is 964. The van der Waals surface area contributed by atoms with E-state index >= 15 is 0 Å². The molecule has 24 heavy (non-hydrogen) atoms. The summed E-state index contributed by atoms with van der Waals surface area (Å²) < 4.78 is 7.57. The lowest BCUT2D eigenvalue weighted by Gasteiger charge is -2.08. The first kappa shape index (κ1) is 14.2. The fourth-order valence-corrected chi connectivity index (χ4v) is 2.43. The fraction of sp³-hybridized carbons (Fsp3) is 0.0556. The number of anilines is 2. The normalized spacial score (nSPS) is 10.7. The summed E-state index contributed by atoms with van der Waals surface area (Å²) in [5, 5.41) is 8.30. The predicted octanol–water partition coefficient (Wildman–Crippen LogP) is 3.90. The number of hydrogen-bond acceptors (Lipinski definition) is 5. The SMILES string of the molecule is Cn1ncc2c(Oc3ccc(Nc4ccccc4)cc3)ncnc21. The van der Waals surface area contributed by atoms with Crippen LogP contribution in [0, 0.1) is 0 Å². The van der Waals surface area contributed by atoms with Crippen LogP contribution >= 0.6 is 0 Å². The monoisotopic (exact) mass is 317 g/mol. The third kappa shape index (κ3) is 2.77. The number of fused-ring (bicyclic) bond motifs is 1. The van der Waals surface area contributed by atoms with E-state index in [0.717, 1.165) is 22.4 Å². The Morgan fingerprint density at radius 3 is 2.46 bits per heavy atom. The Kier molecular flexibility index (Phi) is 3.55. The number of hydrogen-bond donors (Lipinski definition) is 1. The molecule has 6 heteroatoms. The number of aryl methyl sites for hydroxylation is 1. The zero-order chi connectivity index (χ0) is 16.4. The molecule has 0 fully saturated rings. The van der Waals surface area contributed by atoms with Gasteiger partial charge in [0.25, 0.3) is 0 Å². The van der Waals surface area contributed by atoms with E-state index in [9.17, 15) is 0 Å². The highest BCUT2D eigenvalue weighted by Gasteiger charge is 2.09. The Labute approximate surface area is 138 Å². The van der Waals surface area contributed by atoms with Crippen LogP contribution in [0.5, 0.6) is 11.6 Å². The molecule has 4 rings (SSSR count). The molecular weight excluding hydrogens is 302 g/mol. The molecule has 4 aromatic rings. The van der Waals surface area contributed by atoms with Crippen molar-refractivity contribution in [3.63, 3.8) is 0 Å². The number of para-hydroxylation sites is 1. The fourth-order valence-electron chi connectivity index (χ4n) is 2.43. The van der Waals surface area contributed by atoms with Gasteiger partial charge in [-0.25, -0.2) is 9.97 Å². The van der Waals surface area contributed by atoms with Crippen molar-refractivity contribution < 1.29 is 4.74 Å². The molecule has 118 valence electrons. The van der Waals surface area contributed by atoms with Crippen LogP contribution in [-0.4, -0.2) is 19.7 Å². The maximum absolute atomic E-state index is 5.88. The van der Waals surface area contributed by atoms with Crippen LogP contribution in [-0.2, 0) is 7.05 Å². The van der Waals surface area contributed by atoms with Gasteiger partial charge in [0.2, 0.25) is 5.88 Å². The number of nitrogens with zero attached hydrogens (tertiary/aromatic N) is 4. The summed E-state index contributed by atoms with van der Waals surface area (Å²) in [5.41, 5.74) is 2.77. The molecule has 0 radical (unpaired) electrons. The van der Waals surface area contributed by atoms with Crippen LogP contribution in [0.25, 0.3) is 11.0 Å². The van der Waals surface area contributed by atoms with E-state index in [1.54, 1.807) is 10.9 Å². The van der Waals surface area contributed by atoms with Gasteiger partial charge in [-0.2, -0.15) is 5.10 Å². The van der Waals surface area contributed by atoms with Crippen molar-refractivity contribution >= 4 is 22.4 Å². The highest BCUT2D eigenvalue weighted by molar-refractivity contribution is 5.79. The van der Waals surface area contributed by atoms with E-state index in [0.29, 0.717) is 11.6 Å². The van der Waals surface area contributed by atoms with Gasteiger partial charge in [0.15, 0.2) is 5.65 Å². The molecule has 2 aromatic carbocycles. The van der Waals surface area contributed by atoms with Gasteiger partial charge in [-0.05, 0) is 36.4 Å². The van der Waals surface area contributed by atoms with Crippen LogP contribution in [0.4, 0.5) is 11.4 Å². The van der Waals surface area contributed by atoms with Gasteiger partial charge in [0, 0.05) is 18.4 Å². The van der Waals surface area contributed by atoms with E-state index in [1.165, 1.54) is 6.33 Å². The molecule has 0 aliphatic carbocycles. The summed E-state index contributed by atoms with van der Waals surface area (Å²) in [4.78, 5) is 8.41. The van der Waals surface area contributed by atoms with E-state index in [2.05, 4.69) is 20.4 Å². The first-order chi connectivity index (χ1) is 11.8. The second-order valence-electron chi connectivity index (χ2n) is 5.30. The van der Waals surface area contributed by atoms with Gasteiger partial charge in [0.1, 0.15) is 17.5 Å². The molecule has 0 bridgehead atoms. The molecular formula is C18H15N5O. The number of aromatic nitrogens is 4. The Morgan fingerprint density at radius 2 is 1.67 bits per heavy atom. The maximum atomic E-state index is 5.88. The quantitative estimate of drug-likeness (QED) is 0.618. The average molecular weight is 317 g/mol. The van der Waals surface area contributed by atoms with Crippen LogP contribution in [0.15, 0.2) is 67.1 Å². The highest BCUT2D eigenvalue weighted by atomic mass is 16.5. The first-order valence-electron chi connectivity index (χ1n) is 7.52. The molecule has 0 spiro atoms. The number of benzene rings is 2. The van der Waals surface area contributed by atoms with Gasteiger partial charge in [-0.15, -0.1) is 0 Å². The van der Waals surface area contributed by atoms with Crippen molar-refractivity contribution in [3.05, 3.63) is 67.1 Å². The largest absolute Gasteiger partial charge is 0.438 e. The molecule has 0 unspecified atom stereocenters. The molecule has 0 amide bonds. The molecule has 6 nitrogen and oxygen atoms in total. The number of nitrogens with one attached hydrogen (secondary N) is 1. The lowest BCUT2D eigenvalue weighted by atomic mass is 10.2. The van der Waals surface area contributed by atoms with E-state index < -0.39 is 0 Å². The highest BCUT2D eigenvalue weighted by Crippen LogP contribution is 2.27. The Morgan fingerprint density at radius 1 is 0.917 bits per heavy atom. The second kappa shape index (κ2) is 6.00. The Balaban J connectivity index is 1.55. The van der Waals surface area contributed by atoms with E-state index in [4.69, 9.17) is 4.74 Å². The van der Waals surface area contributed by atoms with Gasteiger partial charge >= 0.3 is 0 Å². The molecule has 0 atom stereocenters. The van der Waals surface area contributed by atoms with Crippen LogP contribution in [0.1, 0.15) is 0 Å². The predicted molar refractivity (Wildman–Crippen MR) is 92.5 cm³/mol. The minimum absolute atomic E-state index is 0.497. The van der Waals surface area contributed by atoms with Gasteiger partial charge in [0.05, 0.1) is 6.20 Å². The minimum atomic E-state index is 0.497. The minimum Gasteiger partial charge on any atom is -0.438 e. The lowest BCUT2D eigenvalue weighted by Crippen LogP contribution is -1.94. The summed E-state index contributed by atoms with van der Waals surface area (Å²) in [5.74, 6) is 1.20. The van der Waals surface area contributed by atoms with Crippen molar-refractivity contribution in [2.45, 2.75) is 0 Å². The smallest absolute Gasteiger partial charge is 0.233 e. The van der Waals surface area contributed by atoms with Gasteiger partial charge in [-0.1, -0.05) is 18.2 Å². The second-order valence-corrected chi connectivity index (χ2v) is 5.30. The lowest BCUT2D eigenvalue weighted by molar-refractivity contribution is 0.468. The molecule has 1 N–H and O–H groups in total. The maximum Gasteiger partial charge on any atom is 0.233 e. The summed E-state index contributed by atoms with van der Waals surface area (Å²) in [7, 11) is 1.84. The van der Waals surface area contributed by atoms with Crippen molar-refractivity contribution in [2.75, 3.05) is 5.32 Å². The molecule has 0 saturated carbocycles. The summed E-state index contributed by atoms with van der Waals surface area (Å²) in [6, 6.07) is 17.7. The summed E-state index contributed by atoms with van der Waals surface area (Å²) >= 11 is 0. The molecule has 0 aliphatic rings. The van der Waals surface area contributed by atoms with Crippen LogP contribution in [0.2, 0.25) is 0 Å². The molecule has 2 aromatic heterocycles. The number of rotatable bonds is 4. The van der Waals surface area contributed by atoms with E-state index in [1.807, 2.05) is 61.6 Å². The molecule has 2 heterocycles. The molecule has 0 saturated heterocycles. The summed E-state index contributed by atoms with van der Waals surface area (Å²) in [6.07, 6.45) is 3.18. The first-order valence-corrected chi connectivity index (χ1v) is 7.52. The van der Waals surface area contributed by atoms with Gasteiger partial charge < -0.3 is 10.1 Å². The zero-order valence-corrected chi connectivity index (χ0v) is 13.0. The zero-order valence-electron chi connectivity index (χ0n) is 13.0. The van der Waals surface area contributed by atoms with Crippen LogP contribution in [0.3, 0.4) is 0 Å². The topological polar surface area (TPSA) is 64.9 Å².